The predicted molar refractivity (Wildman–Crippen MR) is 143 cm³/mol. The predicted octanol–water partition coefficient (Wildman–Crippen LogP) is 5.85. The quantitative estimate of drug-likeness (QED) is 0.469. The minimum atomic E-state index is 0.0145. The number of nitrogens with one attached hydrogen (secondary N) is 1. The number of anilines is 1. The van der Waals surface area contributed by atoms with E-state index in [4.69, 9.17) is 0 Å². The first-order chi connectivity index (χ1) is 15.1. The first-order valence-corrected chi connectivity index (χ1v) is 12.2. The van der Waals surface area contributed by atoms with Gasteiger partial charge in [0, 0.05) is 11.2 Å². The Bertz CT molecular complexity index is 1180. The fourth-order valence-corrected chi connectivity index (χ4v) is 5.14. The molecular weight excluding hydrogens is 401 g/mol. The number of hydrogen-bond acceptors (Lipinski definition) is 1. The van der Waals surface area contributed by atoms with Crippen molar-refractivity contribution in [2.24, 2.45) is 7.05 Å². The lowest BCUT2D eigenvalue weighted by molar-refractivity contribution is -0.522. The molecule has 0 fully saturated rings. The summed E-state index contributed by atoms with van der Waals surface area (Å²) in [7, 11) is 2.16. The number of imidazole rings is 1. The van der Waals surface area contributed by atoms with Crippen LogP contribution in [0.2, 0.25) is 0 Å². The summed E-state index contributed by atoms with van der Waals surface area (Å²) in [6, 6.07) is 11.5. The molecule has 1 N–H and O–H groups in total. The summed E-state index contributed by atoms with van der Waals surface area (Å²) in [6.07, 6.45) is 4.42. The first kappa shape index (κ1) is 23.7. The highest BCUT2D eigenvalue weighted by atomic mass is 15.2. The molecule has 0 amide bonds. The van der Waals surface area contributed by atoms with E-state index in [1.54, 1.807) is 0 Å². The summed E-state index contributed by atoms with van der Waals surface area (Å²) in [4.78, 5) is 0. The zero-order valence-corrected chi connectivity index (χ0v) is 22.5. The van der Waals surface area contributed by atoms with Gasteiger partial charge in [-0.3, -0.25) is 4.48 Å². The Hall–Kier alpha value is -2.49. The number of nitrogens with zero attached hydrogens (tertiary/aromatic N) is 2. The van der Waals surface area contributed by atoms with Crippen LogP contribution in [0.1, 0.15) is 84.6 Å². The SMILES string of the molecule is Cc1cccc2c1-c1n(C)cc[n+]1B(c1c(C(C)(C)C)cc(C(C)(C)C)cc1C(C)(C)C)N2. The normalized spacial score (nSPS) is 14.1. The zero-order chi connectivity index (χ0) is 24.5. The highest BCUT2D eigenvalue weighted by Gasteiger charge is 2.44. The van der Waals surface area contributed by atoms with Crippen LogP contribution >= 0.6 is 0 Å². The van der Waals surface area contributed by atoms with Crippen molar-refractivity contribution in [3.8, 4) is 11.4 Å². The molecule has 4 heteroatoms. The Balaban J connectivity index is 2.09. The van der Waals surface area contributed by atoms with Gasteiger partial charge in [0.25, 0.3) is 5.82 Å². The van der Waals surface area contributed by atoms with Crippen LogP contribution in [-0.4, -0.2) is 11.5 Å². The molecule has 0 unspecified atom stereocenters. The van der Waals surface area contributed by atoms with Gasteiger partial charge in [0.1, 0.15) is 12.4 Å². The number of aryl methyl sites for hydroxylation is 2. The molecule has 0 saturated heterocycles. The second kappa shape index (κ2) is 7.51. The third kappa shape index (κ3) is 4.02. The molecule has 0 bridgehead atoms. The maximum absolute atomic E-state index is 3.96. The van der Waals surface area contributed by atoms with E-state index in [0.717, 1.165) is 0 Å². The molecule has 0 radical (unpaired) electrons. The fraction of sp³-hybridized carbons (Fsp3) is 0.483. The van der Waals surface area contributed by atoms with Crippen molar-refractivity contribution in [1.29, 1.82) is 0 Å². The number of rotatable bonds is 1. The molecule has 174 valence electrons. The third-order valence-corrected chi connectivity index (χ3v) is 7.03. The molecule has 2 aromatic carbocycles. The Kier molecular flexibility index (Phi) is 5.39. The van der Waals surface area contributed by atoms with Gasteiger partial charge in [0.05, 0.1) is 12.6 Å². The van der Waals surface area contributed by atoms with Crippen LogP contribution in [0, 0.1) is 6.92 Å². The minimum Gasteiger partial charge on any atom is -0.383 e. The van der Waals surface area contributed by atoms with Crippen molar-refractivity contribution in [1.82, 2.24) is 4.57 Å². The Morgan fingerprint density at radius 3 is 1.94 bits per heavy atom. The van der Waals surface area contributed by atoms with E-state index in [9.17, 15) is 0 Å². The van der Waals surface area contributed by atoms with Crippen LogP contribution in [-0.2, 0) is 23.3 Å². The molecule has 33 heavy (non-hydrogen) atoms. The van der Waals surface area contributed by atoms with Crippen molar-refractivity contribution in [2.45, 2.75) is 85.5 Å². The van der Waals surface area contributed by atoms with Crippen LogP contribution in [0.4, 0.5) is 5.69 Å². The maximum Gasteiger partial charge on any atom is 0.535 e. The molecule has 0 aliphatic carbocycles. The summed E-state index contributed by atoms with van der Waals surface area (Å²) in [5, 5.41) is 3.96. The topological polar surface area (TPSA) is 20.8 Å². The summed E-state index contributed by atoms with van der Waals surface area (Å²) >= 11 is 0. The lowest BCUT2D eigenvalue weighted by atomic mass is 9.55. The number of benzene rings is 2. The average Bonchev–Trinajstić information content (AvgIpc) is 3.06. The monoisotopic (exact) mass is 442 g/mol. The Morgan fingerprint density at radius 1 is 0.848 bits per heavy atom. The molecular formula is C29H41BN3+. The molecule has 1 aliphatic heterocycles. The second-order valence-electron chi connectivity index (χ2n) is 12.9. The van der Waals surface area contributed by atoms with Gasteiger partial charge in [0.2, 0.25) is 0 Å². The fourth-order valence-electron chi connectivity index (χ4n) is 5.14. The summed E-state index contributed by atoms with van der Waals surface area (Å²) in [6.45, 7) is 23.3. The molecule has 3 aromatic rings. The molecule has 0 atom stereocenters. The van der Waals surface area contributed by atoms with E-state index in [0.29, 0.717) is 0 Å². The molecule has 1 aromatic heterocycles. The highest BCUT2D eigenvalue weighted by Crippen LogP contribution is 2.36. The van der Waals surface area contributed by atoms with Crippen molar-refractivity contribution in [3.63, 3.8) is 0 Å². The van der Waals surface area contributed by atoms with Gasteiger partial charge in [-0.25, -0.2) is 4.57 Å². The molecule has 1 aliphatic rings. The smallest absolute Gasteiger partial charge is 0.383 e. The molecule has 4 rings (SSSR count). The van der Waals surface area contributed by atoms with Crippen molar-refractivity contribution in [3.05, 3.63) is 65.0 Å². The summed E-state index contributed by atoms with van der Waals surface area (Å²) < 4.78 is 4.70. The van der Waals surface area contributed by atoms with Gasteiger partial charge < -0.3 is 5.23 Å². The van der Waals surface area contributed by atoms with Crippen LogP contribution in [0.3, 0.4) is 0 Å². The van der Waals surface area contributed by atoms with Crippen LogP contribution in [0.25, 0.3) is 11.4 Å². The van der Waals surface area contributed by atoms with Gasteiger partial charge in [-0.2, -0.15) is 0 Å². The Morgan fingerprint density at radius 2 is 1.42 bits per heavy atom. The summed E-state index contributed by atoms with van der Waals surface area (Å²) in [5.41, 5.74) is 9.59. The van der Waals surface area contributed by atoms with Crippen molar-refractivity contribution < 1.29 is 4.48 Å². The van der Waals surface area contributed by atoms with E-state index in [1.807, 2.05) is 0 Å². The van der Waals surface area contributed by atoms with E-state index in [2.05, 4.69) is 133 Å². The van der Waals surface area contributed by atoms with Crippen LogP contribution in [0.5, 0.6) is 0 Å². The molecule has 0 spiro atoms. The average molecular weight is 442 g/mol. The standard InChI is InChI=1S/C29H40BN3/c1-19-13-12-14-23-24(19)26-32(11)15-16-33(26)30(31-23)25-21(28(5,6)7)17-20(27(2,3)4)18-22(25)29(8,9)10/h12-18H,1-11H3/p+1. The molecule has 2 heterocycles. The van der Waals surface area contributed by atoms with E-state index in [1.165, 1.54) is 44.8 Å². The van der Waals surface area contributed by atoms with E-state index >= 15 is 0 Å². The van der Waals surface area contributed by atoms with Crippen LogP contribution < -0.4 is 15.2 Å². The van der Waals surface area contributed by atoms with E-state index < -0.39 is 0 Å². The maximum atomic E-state index is 3.96. The zero-order valence-electron chi connectivity index (χ0n) is 22.5. The second-order valence-corrected chi connectivity index (χ2v) is 12.9. The minimum absolute atomic E-state index is 0.0145. The largest absolute Gasteiger partial charge is 0.535 e. The molecule has 3 nitrogen and oxygen atoms in total. The van der Waals surface area contributed by atoms with Gasteiger partial charge in [-0.1, -0.05) is 86.6 Å². The summed E-state index contributed by atoms with van der Waals surface area (Å²) in [5.74, 6) is 1.26. The lowest BCUT2D eigenvalue weighted by Gasteiger charge is -2.35. The van der Waals surface area contributed by atoms with Crippen LogP contribution in [0.15, 0.2) is 42.7 Å². The number of fused-ring (bicyclic) bond motifs is 3. The Labute approximate surface area is 201 Å². The van der Waals surface area contributed by atoms with E-state index in [-0.39, 0.29) is 23.2 Å². The van der Waals surface area contributed by atoms with Gasteiger partial charge in [-0.15, -0.1) is 0 Å². The number of aromatic nitrogens is 2. The third-order valence-electron chi connectivity index (χ3n) is 7.03. The van der Waals surface area contributed by atoms with Gasteiger partial charge in [-0.05, 0) is 51.5 Å². The van der Waals surface area contributed by atoms with Gasteiger partial charge >= 0.3 is 6.98 Å². The number of hydrogen-bond donors (Lipinski definition) is 1. The van der Waals surface area contributed by atoms with Crippen molar-refractivity contribution >= 4 is 18.1 Å². The molecule has 0 saturated carbocycles. The van der Waals surface area contributed by atoms with Crippen molar-refractivity contribution in [2.75, 3.05) is 5.23 Å². The van der Waals surface area contributed by atoms with Gasteiger partial charge in [0.15, 0.2) is 0 Å². The lowest BCUT2D eigenvalue weighted by Crippen LogP contribution is -2.68. The first-order valence-electron chi connectivity index (χ1n) is 12.2. The highest BCUT2D eigenvalue weighted by molar-refractivity contribution is 6.70.